The fourth-order valence-electron chi connectivity index (χ4n) is 1.34. The first-order valence-electron chi connectivity index (χ1n) is 5.59. The standard InChI is InChI=1S/C12H15Cl2NO2S/c1-2-6-15-12(16)8-18(17)7-9-10(13)4-3-5-11(9)14/h3-5H,2,6-8H2,1H3,(H,15,16)/t18-/m0/s1. The fourth-order valence-corrected chi connectivity index (χ4v) is 3.16. The fraction of sp³-hybridized carbons (Fsp3) is 0.417. The molecule has 6 heteroatoms. The Kier molecular flexibility index (Phi) is 6.68. The minimum absolute atomic E-state index is 0.0262. The molecule has 0 saturated heterocycles. The molecule has 0 unspecified atom stereocenters. The molecule has 0 aliphatic carbocycles. The van der Waals surface area contributed by atoms with Gasteiger partial charge in [-0.2, -0.15) is 0 Å². The first-order valence-corrected chi connectivity index (χ1v) is 7.83. The highest BCUT2D eigenvalue weighted by Gasteiger charge is 2.12. The van der Waals surface area contributed by atoms with Gasteiger partial charge in [0.05, 0.1) is 5.75 Å². The molecule has 0 bridgehead atoms. The van der Waals surface area contributed by atoms with E-state index in [0.29, 0.717) is 22.2 Å². The quantitative estimate of drug-likeness (QED) is 0.878. The maximum absolute atomic E-state index is 11.8. The Balaban J connectivity index is 2.57. The Morgan fingerprint density at radius 2 is 1.94 bits per heavy atom. The van der Waals surface area contributed by atoms with Crippen molar-refractivity contribution in [2.75, 3.05) is 12.3 Å². The second kappa shape index (κ2) is 7.77. The predicted octanol–water partition coefficient (Wildman–Crippen LogP) is 2.77. The van der Waals surface area contributed by atoms with Crippen molar-refractivity contribution in [2.24, 2.45) is 0 Å². The minimum atomic E-state index is -1.31. The Bertz CT molecular complexity index is 431. The molecular formula is C12H15Cl2NO2S. The number of nitrogens with one attached hydrogen (secondary N) is 1. The van der Waals surface area contributed by atoms with Gasteiger partial charge in [0.2, 0.25) is 5.91 Å². The zero-order valence-electron chi connectivity index (χ0n) is 10.0. The highest BCUT2D eigenvalue weighted by molar-refractivity contribution is 7.84. The van der Waals surface area contributed by atoms with E-state index in [1.165, 1.54) is 0 Å². The normalized spacial score (nSPS) is 12.2. The SMILES string of the molecule is CCCNC(=O)C[S@@](=O)Cc1c(Cl)cccc1Cl. The molecule has 1 atom stereocenters. The molecule has 18 heavy (non-hydrogen) atoms. The lowest BCUT2D eigenvalue weighted by Gasteiger charge is -2.07. The summed E-state index contributed by atoms with van der Waals surface area (Å²) in [6, 6.07) is 5.11. The maximum Gasteiger partial charge on any atom is 0.232 e. The summed E-state index contributed by atoms with van der Waals surface area (Å²) in [7, 11) is -1.31. The van der Waals surface area contributed by atoms with Crippen LogP contribution in [0.1, 0.15) is 18.9 Å². The average Bonchev–Trinajstić information content (AvgIpc) is 2.31. The summed E-state index contributed by atoms with van der Waals surface area (Å²) in [4.78, 5) is 11.4. The zero-order chi connectivity index (χ0) is 13.5. The summed E-state index contributed by atoms with van der Waals surface area (Å²) in [6.45, 7) is 2.56. The second-order valence-electron chi connectivity index (χ2n) is 3.78. The Morgan fingerprint density at radius 3 is 2.50 bits per heavy atom. The van der Waals surface area contributed by atoms with E-state index in [4.69, 9.17) is 23.2 Å². The molecule has 0 heterocycles. The highest BCUT2D eigenvalue weighted by Crippen LogP contribution is 2.25. The smallest absolute Gasteiger partial charge is 0.232 e. The van der Waals surface area contributed by atoms with E-state index in [-0.39, 0.29) is 17.4 Å². The van der Waals surface area contributed by atoms with Gasteiger partial charge in [0.1, 0.15) is 5.75 Å². The van der Waals surface area contributed by atoms with Crippen molar-refractivity contribution in [1.29, 1.82) is 0 Å². The first-order chi connectivity index (χ1) is 8.54. The summed E-state index contributed by atoms with van der Waals surface area (Å²) in [5.41, 5.74) is 0.627. The molecule has 1 aromatic rings. The molecule has 3 nitrogen and oxygen atoms in total. The van der Waals surface area contributed by atoms with Crippen LogP contribution in [0.5, 0.6) is 0 Å². The lowest BCUT2D eigenvalue weighted by Crippen LogP contribution is -2.29. The van der Waals surface area contributed by atoms with Crippen LogP contribution in [0.15, 0.2) is 18.2 Å². The molecular weight excluding hydrogens is 293 g/mol. The van der Waals surface area contributed by atoms with Gasteiger partial charge in [-0.1, -0.05) is 36.2 Å². The molecule has 0 aromatic heterocycles. The lowest BCUT2D eigenvalue weighted by atomic mass is 10.2. The molecule has 0 fully saturated rings. The third kappa shape index (κ3) is 4.96. The first kappa shape index (κ1) is 15.5. The summed E-state index contributed by atoms with van der Waals surface area (Å²) < 4.78 is 11.8. The number of hydrogen-bond acceptors (Lipinski definition) is 2. The predicted molar refractivity (Wildman–Crippen MR) is 76.5 cm³/mol. The number of halogens is 2. The third-order valence-corrected chi connectivity index (χ3v) is 4.13. The van der Waals surface area contributed by atoms with Crippen molar-refractivity contribution in [1.82, 2.24) is 5.32 Å². The van der Waals surface area contributed by atoms with E-state index in [9.17, 15) is 9.00 Å². The summed E-state index contributed by atoms with van der Waals surface area (Å²) in [5, 5.41) is 3.63. The summed E-state index contributed by atoms with van der Waals surface area (Å²) >= 11 is 11.9. The van der Waals surface area contributed by atoms with Gasteiger partial charge >= 0.3 is 0 Å². The van der Waals surface area contributed by atoms with Crippen LogP contribution in [0.4, 0.5) is 0 Å². The largest absolute Gasteiger partial charge is 0.355 e. The summed E-state index contributed by atoms with van der Waals surface area (Å²) in [6.07, 6.45) is 0.856. The van der Waals surface area contributed by atoms with E-state index in [1.54, 1.807) is 18.2 Å². The molecule has 1 aromatic carbocycles. The Labute approximate surface area is 119 Å². The highest BCUT2D eigenvalue weighted by atomic mass is 35.5. The lowest BCUT2D eigenvalue weighted by molar-refractivity contribution is -0.118. The van der Waals surface area contributed by atoms with Gasteiger partial charge < -0.3 is 5.32 Å². The van der Waals surface area contributed by atoms with E-state index in [2.05, 4.69) is 5.32 Å². The molecule has 1 N–H and O–H groups in total. The van der Waals surface area contributed by atoms with Gasteiger partial charge in [0, 0.05) is 33.0 Å². The van der Waals surface area contributed by atoms with Gasteiger partial charge in [-0.25, -0.2) is 0 Å². The topological polar surface area (TPSA) is 46.2 Å². The van der Waals surface area contributed by atoms with Gasteiger partial charge in [-0.15, -0.1) is 0 Å². The number of benzene rings is 1. The molecule has 1 rings (SSSR count). The van der Waals surface area contributed by atoms with Crippen molar-refractivity contribution < 1.29 is 9.00 Å². The Morgan fingerprint density at radius 1 is 1.33 bits per heavy atom. The van der Waals surface area contributed by atoms with Crippen LogP contribution in [0.3, 0.4) is 0 Å². The number of amides is 1. The maximum atomic E-state index is 11.8. The minimum Gasteiger partial charge on any atom is -0.355 e. The Hall–Kier alpha value is -0.580. The average molecular weight is 308 g/mol. The molecule has 0 aliphatic rings. The number of rotatable bonds is 6. The third-order valence-electron chi connectivity index (χ3n) is 2.23. The van der Waals surface area contributed by atoms with Crippen molar-refractivity contribution >= 4 is 39.9 Å². The molecule has 0 radical (unpaired) electrons. The molecule has 100 valence electrons. The molecule has 1 amide bonds. The zero-order valence-corrected chi connectivity index (χ0v) is 12.4. The number of carbonyl (C=O) groups excluding carboxylic acids is 1. The van der Waals surface area contributed by atoms with E-state index in [1.807, 2.05) is 6.92 Å². The van der Waals surface area contributed by atoms with Crippen LogP contribution in [0.25, 0.3) is 0 Å². The van der Waals surface area contributed by atoms with Gasteiger partial charge in [-0.05, 0) is 18.6 Å². The van der Waals surface area contributed by atoms with Crippen molar-refractivity contribution in [2.45, 2.75) is 19.1 Å². The number of hydrogen-bond donors (Lipinski definition) is 1. The molecule has 0 aliphatic heterocycles. The van der Waals surface area contributed by atoms with E-state index < -0.39 is 10.8 Å². The van der Waals surface area contributed by atoms with Crippen LogP contribution < -0.4 is 5.32 Å². The van der Waals surface area contributed by atoms with Crippen LogP contribution in [-0.4, -0.2) is 22.4 Å². The second-order valence-corrected chi connectivity index (χ2v) is 6.05. The van der Waals surface area contributed by atoms with Crippen molar-refractivity contribution in [3.05, 3.63) is 33.8 Å². The number of carbonyl (C=O) groups is 1. The monoisotopic (exact) mass is 307 g/mol. The molecule has 0 spiro atoms. The van der Waals surface area contributed by atoms with Crippen LogP contribution in [-0.2, 0) is 21.3 Å². The summed E-state index contributed by atoms with van der Waals surface area (Å²) in [5.74, 6) is -0.0436. The van der Waals surface area contributed by atoms with E-state index in [0.717, 1.165) is 6.42 Å². The van der Waals surface area contributed by atoms with Crippen LogP contribution >= 0.6 is 23.2 Å². The van der Waals surface area contributed by atoms with Gasteiger partial charge in [0.15, 0.2) is 0 Å². The van der Waals surface area contributed by atoms with Gasteiger partial charge in [-0.3, -0.25) is 9.00 Å². The van der Waals surface area contributed by atoms with Crippen LogP contribution in [0, 0.1) is 0 Å². The van der Waals surface area contributed by atoms with Crippen molar-refractivity contribution in [3.63, 3.8) is 0 Å². The van der Waals surface area contributed by atoms with Crippen molar-refractivity contribution in [3.8, 4) is 0 Å². The molecule has 0 saturated carbocycles. The van der Waals surface area contributed by atoms with Crippen LogP contribution in [0.2, 0.25) is 10.0 Å². The van der Waals surface area contributed by atoms with Gasteiger partial charge in [0.25, 0.3) is 0 Å². The van der Waals surface area contributed by atoms with E-state index >= 15 is 0 Å².